The number of nitrogens with one attached hydrogen (secondary N) is 3. The van der Waals surface area contributed by atoms with E-state index in [0.717, 1.165) is 36.2 Å². The van der Waals surface area contributed by atoms with Crippen LogP contribution < -0.4 is 16.0 Å². The van der Waals surface area contributed by atoms with Gasteiger partial charge in [-0.3, -0.25) is 4.79 Å². The van der Waals surface area contributed by atoms with Gasteiger partial charge in [-0.25, -0.2) is 4.99 Å². The summed E-state index contributed by atoms with van der Waals surface area (Å²) < 4.78 is 6.35. The first-order valence-electron chi connectivity index (χ1n) is 9.19. The highest BCUT2D eigenvalue weighted by molar-refractivity contribution is 14.0. The fourth-order valence-electron chi connectivity index (χ4n) is 2.98. The Balaban J connectivity index is 0.00000280. The van der Waals surface area contributed by atoms with Gasteiger partial charge in [0.05, 0.1) is 12.8 Å². The molecule has 8 heteroatoms. The Morgan fingerprint density at radius 1 is 1.18 bits per heavy atom. The highest BCUT2D eigenvalue weighted by atomic mass is 127. The summed E-state index contributed by atoms with van der Waals surface area (Å²) in [6.07, 6.45) is 3.88. The molecule has 0 atom stereocenters. The highest BCUT2D eigenvalue weighted by Gasteiger charge is 2.45. The molecule has 0 unspecified atom stereocenters. The molecule has 0 spiro atoms. The molecule has 0 bridgehead atoms. The number of rotatable bonds is 8. The zero-order chi connectivity index (χ0) is 19.1. The van der Waals surface area contributed by atoms with Crippen molar-refractivity contribution < 1.29 is 9.21 Å². The number of carbonyl (C=O) groups excluding carboxylic acids is 1. The molecular formula is C20H26BrIN4O2. The Morgan fingerprint density at radius 3 is 2.61 bits per heavy atom. The lowest BCUT2D eigenvalue weighted by atomic mass is 9.96. The zero-order valence-electron chi connectivity index (χ0n) is 15.8. The number of carbonyl (C=O) groups is 1. The van der Waals surface area contributed by atoms with Crippen molar-refractivity contribution in [1.82, 2.24) is 16.0 Å². The topological polar surface area (TPSA) is 78.7 Å². The number of halogens is 2. The largest absolute Gasteiger partial charge is 0.467 e. The van der Waals surface area contributed by atoms with Crippen LogP contribution in [0.25, 0.3) is 0 Å². The molecule has 1 heterocycles. The molecule has 6 nitrogen and oxygen atoms in total. The monoisotopic (exact) mass is 560 g/mol. The van der Waals surface area contributed by atoms with Gasteiger partial charge in [0.1, 0.15) is 12.3 Å². The average Bonchev–Trinajstić information content (AvgIpc) is 3.27. The summed E-state index contributed by atoms with van der Waals surface area (Å²) in [5.74, 6) is 1.24. The van der Waals surface area contributed by atoms with Gasteiger partial charge in [0.15, 0.2) is 5.96 Å². The number of aliphatic imine (C=N–C) groups is 1. The van der Waals surface area contributed by atoms with Gasteiger partial charge >= 0.3 is 0 Å². The highest BCUT2D eigenvalue weighted by Crippen LogP contribution is 2.49. The van der Waals surface area contributed by atoms with E-state index in [0.29, 0.717) is 12.5 Å². The normalized spacial score (nSPS) is 14.7. The standard InChI is InChI=1S/C20H25BrN4O2.HI/c1-2-22-19(24-13-18(26)23-12-15-6-5-11-27-15)25-14-20(9-10-20)16-7-3-4-8-17(16)21;/h3-8,11H,2,9-10,12-14H2,1H3,(H,23,26)(H2,22,24,25);1H. The molecule has 1 fully saturated rings. The van der Waals surface area contributed by atoms with Crippen LogP contribution in [-0.4, -0.2) is 31.5 Å². The third-order valence-corrected chi connectivity index (χ3v) is 5.35. The fraction of sp³-hybridized carbons (Fsp3) is 0.400. The van der Waals surface area contributed by atoms with Crippen LogP contribution in [0, 0.1) is 0 Å². The molecule has 1 aliphatic carbocycles. The summed E-state index contributed by atoms with van der Waals surface area (Å²) in [6, 6.07) is 12.0. The molecule has 3 N–H and O–H groups in total. The number of hydrogen-bond acceptors (Lipinski definition) is 3. The Bertz CT molecular complexity index is 791. The van der Waals surface area contributed by atoms with Crippen LogP contribution in [0.15, 0.2) is 56.5 Å². The first-order valence-corrected chi connectivity index (χ1v) is 9.98. The van der Waals surface area contributed by atoms with Crippen LogP contribution in [0.4, 0.5) is 0 Å². The Hall–Kier alpha value is -1.55. The van der Waals surface area contributed by atoms with Crippen molar-refractivity contribution in [3.05, 3.63) is 58.5 Å². The zero-order valence-corrected chi connectivity index (χ0v) is 19.8. The minimum atomic E-state index is -0.143. The van der Waals surface area contributed by atoms with Gasteiger partial charge in [-0.15, -0.1) is 24.0 Å². The molecule has 1 aromatic heterocycles. The first-order chi connectivity index (χ1) is 13.1. The molecule has 1 amide bonds. The lowest BCUT2D eigenvalue weighted by Gasteiger charge is -2.20. The van der Waals surface area contributed by atoms with Crippen LogP contribution in [0.2, 0.25) is 0 Å². The van der Waals surface area contributed by atoms with Crippen molar-refractivity contribution in [1.29, 1.82) is 0 Å². The Kier molecular flexibility index (Phi) is 8.81. The molecule has 0 aliphatic heterocycles. The maximum absolute atomic E-state index is 12.0. The number of nitrogens with zero attached hydrogens (tertiary/aromatic N) is 1. The first kappa shape index (κ1) is 22.7. The van der Waals surface area contributed by atoms with Gasteiger partial charge in [-0.2, -0.15) is 0 Å². The molecule has 3 rings (SSSR count). The summed E-state index contributed by atoms with van der Waals surface area (Å²) in [7, 11) is 0. The SMILES string of the molecule is CCNC(=NCC(=O)NCc1ccco1)NCC1(c2ccccc2Br)CC1.I. The van der Waals surface area contributed by atoms with Crippen molar-refractivity contribution >= 4 is 51.8 Å². The Labute approximate surface area is 191 Å². The van der Waals surface area contributed by atoms with E-state index in [-0.39, 0.29) is 41.8 Å². The predicted octanol–water partition coefficient (Wildman–Crippen LogP) is 3.56. The maximum atomic E-state index is 12.0. The van der Waals surface area contributed by atoms with Gasteiger partial charge < -0.3 is 20.4 Å². The maximum Gasteiger partial charge on any atom is 0.242 e. The minimum Gasteiger partial charge on any atom is -0.467 e. The van der Waals surface area contributed by atoms with Crippen LogP contribution >= 0.6 is 39.9 Å². The third-order valence-electron chi connectivity index (χ3n) is 4.66. The average molecular weight is 561 g/mol. The van der Waals surface area contributed by atoms with Crippen LogP contribution in [-0.2, 0) is 16.8 Å². The van der Waals surface area contributed by atoms with E-state index in [2.05, 4.69) is 55.1 Å². The van der Waals surface area contributed by atoms with E-state index < -0.39 is 0 Å². The smallest absolute Gasteiger partial charge is 0.242 e. The van der Waals surface area contributed by atoms with Crippen LogP contribution in [0.1, 0.15) is 31.1 Å². The fourth-order valence-corrected chi connectivity index (χ4v) is 3.69. The lowest BCUT2D eigenvalue weighted by molar-refractivity contribution is -0.119. The van der Waals surface area contributed by atoms with Crippen molar-refractivity contribution in [2.75, 3.05) is 19.6 Å². The second-order valence-corrected chi connectivity index (χ2v) is 7.52. The molecule has 2 aromatic rings. The van der Waals surface area contributed by atoms with Gasteiger partial charge in [-0.1, -0.05) is 34.1 Å². The lowest BCUT2D eigenvalue weighted by Crippen LogP contribution is -2.42. The summed E-state index contributed by atoms with van der Waals surface area (Å²) in [5, 5.41) is 9.40. The van der Waals surface area contributed by atoms with E-state index >= 15 is 0 Å². The van der Waals surface area contributed by atoms with Gasteiger partial charge in [0.25, 0.3) is 0 Å². The quantitative estimate of drug-likeness (QED) is 0.262. The summed E-state index contributed by atoms with van der Waals surface area (Å²) in [6.45, 7) is 3.97. The second kappa shape index (κ2) is 10.8. The number of amides is 1. The van der Waals surface area contributed by atoms with E-state index in [1.165, 1.54) is 5.56 Å². The van der Waals surface area contributed by atoms with E-state index in [1.54, 1.807) is 12.3 Å². The minimum absolute atomic E-state index is 0. The summed E-state index contributed by atoms with van der Waals surface area (Å²) in [4.78, 5) is 16.4. The van der Waals surface area contributed by atoms with Gasteiger partial charge in [0.2, 0.25) is 5.91 Å². The van der Waals surface area contributed by atoms with E-state index in [9.17, 15) is 4.79 Å². The molecule has 1 aliphatic rings. The molecule has 152 valence electrons. The van der Waals surface area contributed by atoms with Crippen molar-refractivity contribution in [2.24, 2.45) is 4.99 Å². The third kappa shape index (κ3) is 6.23. The van der Waals surface area contributed by atoms with Crippen molar-refractivity contribution in [2.45, 2.75) is 31.7 Å². The number of hydrogen-bond donors (Lipinski definition) is 3. The van der Waals surface area contributed by atoms with Crippen LogP contribution in [0.3, 0.4) is 0 Å². The van der Waals surface area contributed by atoms with Crippen molar-refractivity contribution in [3.63, 3.8) is 0 Å². The summed E-state index contributed by atoms with van der Waals surface area (Å²) >= 11 is 3.66. The Morgan fingerprint density at radius 2 is 1.96 bits per heavy atom. The molecule has 0 radical (unpaired) electrons. The molecule has 0 saturated heterocycles. The predicted molar refractivity (Wildman–Crippen MR) is 125 cm³/mol. The van der Waals surface area contributed by atoms with E-state index in [1.807, 2.05) is 19.1 Å². The molecule has 28 heavy (non-hydrogen) atoms. The number of benzene rings is 1. The molecule has 1 aromatic carbocycles. The van der Waals surface area contributed by atoms with Gasteiger partial charge in [0, 0.05) is 23.0 Å². The van der Waals surface area contributed by atoms with E-state index in [4.69, 9.17) is 4.42 Å². The number of furan rings is 1. The molecular weight excluding hydrogens is 535 g/mol. The van der Waals surface area contributed by atoms with Crippen LogP contribution in [0.5, 0.6) is 0 Å². The second-order valence-electron chi connectivity index (χ2n) is 6.66. The number of guanidine groups is 1. The summed E-state index contributed by atoms with van der Waals surface area (Å²) in [5.41, 5.74) is 1.46. The molecule has 1 saturated carbocycles. The van der Waals surface area contributed by atoms with Crippen molar-refractivity contribution in [3.8, 4) is 0 Å². The van der Waals surface area contributed by atoms with Gasteiger partial charge in [-0.05, 0) is 43.5 Å².